The number of para-hydroxylation sites is 1. The molecule has 1 amide bonds. The molecule has 0 radical (unpaired) electrons. The average molecular weight is 410 g/mol. The largest absolute Gasteiger partial charge is 0.454 e. The van der Waals surface area contributed by atoms with Crippen LogP contribution in [0.15, 0.2) is 63.8 Å². The molecule has 1 heterocycles. The van der Waals surface area contributed by atoms with Crippen molar-refractivity contribution in [2.75, 3.05) is 18.1 Å². The normalized spacial score (nSPS) is 10.3. The zero-order valence-corrected chi connectivity index (χ0v) is 15.5. The minimum Gasteiger partial charge on any atom is -0.454 e. The maximum absolute atomic E-state index is 13.0. The number of halogens is 1. The molecule has 0 saturated carbocycles. The highest BCUT2D eigenvalue weighted by molar-refractivity contribution is 5.95. The van der Waals surface area contributed by atoms with Crippen LogP contribution in [0.1, 0.15) is 0 Å². The number of carbonyl (C=O) groups excluding carboxylic acids is 2. The van der Waals surface area contributed by atoms with Crippen molar-refractivity contribution in [3.8, 4) is 17.5 Å². The molecule has 0 bridgehead atoms. The Bertz CT molecular complexity index is 1130. The van der Waals surface area contributed by atoms with Gasteiger partial charge in [0.25, 0.3) is 5.91 Å². The maximum Gasteiger partial charge on any atom is 0.437 e. The van der Waals surface area contributed by atoms with Crippen LogP contribution >= 0.6 is 0 Å². The number of ether oxygens (including phenoxy) is 1. The van der Waals surface area contributed by atoms with Gasteiger partial charge in [-0.3, -0.25) is 14.5 Å². The van der Waals surface area contributed by atoms with E-state index in [0.717, 1.165) is 4.68 Å². The van der Waals surface area contributed by atoms with E-state index in [9.17, 15) is 18.8 Å². The second-order valence-corrected chi connectivity index (χ2v) is 5.97. The van der Waals surface area contributed by atoms with E-state index < -0.39 is 36.6 Å². The van der Waals surface area contributed by atoms with Gasteiger partial charge in [-0.1, -0.05) is 18.2 Å². The number of anilines is 1. The van der Waals surface area contributed by atoms with Crippen molar-refractivity contribution in [3.63, 3.8) is 0 Å². The highest BCUT2D eigenvalue weighted by atomic mass is 19.1. The first kappa shape index (κ1) is 20.5. The summed E-state index contributed by atoms with van der Waals surface area (Å²) < 4.78 is 23.6. The van der Waals surface area contributed by atoms with Gasteiger partial charge in [0, 0.05) is 11.3 Å². The van der Waals surface area contributed by atoms with Gasteiger partial charge in [-0.2, -0.15) is 9.94 Å². The second kappa shape index (κ2) is 9.29. The van der Waals surface area contributed by atoms with Crippen LogP contribution in [-0.2, 0) is 20.9 Å². The third-order valence-corrected chi connectivity index (χ3v) is 3.93. The molecular formula is C20H15FN4O5. The van der Waals surface area contributed by atoms with Gasteiger partial charge in [0.15, 0.2) is 6.61 Å². The Hall–Kier alpha value is -4.26. The van der Waals surface area contributed by atoms with E-state index >= 15 is 0 Å². The summed E-state index contributed by atoms with van der Waals surface area (Å²) in [7, 11) is 0. The summed E-state index contributed by atoms with van der Waals surface area (Å²) in [5.41, 5.74) is 0.836. The van der Waals surface area contributed by atoms with Gasteiger partial charge >= 0.3 is 11.7 Å². The molecule has 3 aromatic rings. The zero-order valence-electron chi connectivity index (χ0n) is 15.5. The molecule has 10 heteroatoms. The van der Waals surface area contributed by atoms with Crippen molar-refractivity contribution < 1.29 is 23.1 Å². The van der Waals surface area contributed by atoms with Crippen molar-refractivity contribution in [3.05, 3.63) is 71.0 Å². The molecule has 30 heavy (non-hydrogen) atoms. The van der Waals surface area contributed by atoms with Crippen LogP contribution in [-0.4, -0.2) is 34.8 Å². The molecule has 0 spiro atoms. The van der Waals surface area contributed by atoms with Crippen LogP contribution in [0.5, 0.6) is 0 Å². The summed E-state index contributed by atoms with van der Waals surface area (Å²) in [6.45, 7) is -1.42. The fourth-order valence-corrected chi connectivity index (χ4v) is 2.51. The van der Waals surface area contributed by atoms with E-state index in [-0.39, 0.29) is 12.4 Å². The van der Waals surface area contributed by atoms with Crippen LogP contribution in [0.25, 0.3) is 11.5 Å². The van der Waals surface area contributed by atoms with Gasteiger partial charge in [0.1, 0.15) is 18.9 Å². The van der Waals surface area contributed by atoms with E-state index in [1.54, 1.807) is 30.3 Å². The van der Waals surface area contributed by atoms with E-state index in [4.69, 9.17) is 14.4 Å². The molecule has 0 aliphatic heterocycles. The summed E-state index contributed by atoms with van der Waals surface area (Å²) in [6, 6.07) is 15.4. The predicted octanol–water partition coefficient (Wildman–Crippen LogP) is 1.74. The molecule has 0 N–H and O–H groups in total. The lowest BCUT2D eigenvalue weighted by atomic mass is 10.2. The van der Waals surface area contributed by atoms with Gasteiger partial charge < -0.3 is 9.15 Å². The van der Waals surface area contributed by atoms with E-state index in [2.05, 4.69) is 5.10 Å². The summed E-state index contributed by atoms with van der Waals surface area (Å²) >= 11 is 0. The quantitative estimate of drug-likeness (QED) is 0.430. The van der Waals surface area contributed by atoms with E-state index in [0.29, 0.717) is 11.3 Å². The molecule has 2 aromatic carbocycles. The first-order valence-corrected chi connectivity index (χ1v) is 8.70. The minimum atomic E-state index is -0.909. The number of hydrogen-bond donors (Lipinski definition) is 0. The Morgan fingerprint density at radius 1 is 1.17 bits per heavy atom. The van der Waals surface area contributed by atoms with Gasteiger partial charge in [0.05, 0.1) is 6.07 Å². The lowest BCUT2D eigenvalue weighted by Crippen LogP contribution is -2.35. The Morgan fingerprint density at radius 3 is 2.53 bits per heavy atom. The molecule has 0 unspecified atom stereocenters. The Morgan fingerprint density at radius 2 is 1.87 bits per heavy atom. The number of nitriles is 1. The van der Waals surface area contributed by atoms with Gasteiger partial charge in [-0.05, 0) is 36.4 Å². The smallest absolute Gasteiger partial charge is 0.437 e. The fourth-order valence-electron chi connectivity index (χ4n) is 2.51. The van der Waals surface area contributed by atoms with E-state index in [1.165, 1.54) is 29.2 Å². The van der Waals surface area contributed by atoms with Crippen LogP contribution in [0.2, 0.25) is 0 Å². The van der Waals surface area contributed by atoms with E-state index in [1.807, 2.05) is 6.07 Å². The van der Waals surface area contributed by atoms with Crippen LogP contribution in [0.3, 0.4) is 0 Å². The van der Waals surface area contributed by atoms with Crippen molar-refractivity contribution in [2.24, 2.45) is 0 Å². The predicted molar refractivity (Wildman–Crippen MR) is 102 cm³/mol. The summed E-state index contributed by atoms with van der Waals surface area (Å²) in [6.07, 6.45) is 0. The summed E-state index contributed by atoms with van der Waals surface area (Å²) in [5, 5.41) is 12.8. The number of rotatable bonds is 7. The van der Waals surface area contributed by atoms with Gasteiger partial charge in [-0.25, -0.2) is 9.18 Å². The molecule has 1 aromatic heterocycles. The van der Waals surface area contributed by atoms with Crippen LogP contribution in [0, 0.1) is 17.1 Å². The Labute approximate surface area is 169 Å². The van der Waals surface area contributed by atoms with Crippen molar-refractivity contribution >= 4 is 17.6 Å². The number of benzene rings is 2. The molecule has 0 atom stereocenters. The second-order valence-electron chi connectivity index (χ2n) is 5.97. The van der Waals surface area contributed by atoms with Crippen LogP contribution in [0.4, 0.5) is 10.1 Å². The number of hydrogen-bond acceptors (Lipinski definition) is 7. The number of esters is 1. The van der Waals surface area contributed by atoms with Crippen molar-refractivity contribution in [1.82, 2.24) is 9.78 Å². The third-order valence-electron chi connectivity index (χ3n) is 3.93. The molecule has 0 saturated heterocycles. The molecule has 9 nitrogen and oxygen atoms in total. The Kier molecular flexibility index (Phi) is 6.34. The third kappa shape index (κ3) is 4.96. The van der Waals surface area contributed by atoms with Crippen molar-refractivity contribution in [2.45, 2.75) is 6.54 Å². The molecule has 0 fully saturated rings. The lowest BCUT2D eigenvalue weighted by Gasteiger charge is -2.19. The van der Waals surface area contributed by atoms with Gasteiger partial charge in [-0.15, -0.1) is 5.10 Å². The monoisotopic (exact) mass is 410 g/mol. The standard InChI is InChI=1S/C20H15FN4O5/c21-15-8-6-14(7-9-15)19-23-25(20(28)30-19)12-18(27)29-13-17(26)24(11-10-22)16-4-2-1-3-5-16/h1-9H,11-13H2. The number of nitrogens with zero attached hydrogens (tertiary/aromatic N) is 4. The molecular weight excluding hydrogens is 395 g/mol. The highest BCUT2D eigenvalue weighted by Crippen LogP contribution is 2.16. The fraction of sp³-hybridized carbons (Fsp3) is 0.150. The number of amides is 1. The van der Waals surface area contributed by atoms with Gasteiger partial charge in [0.2, 0.25) is 5.89 Å². The molecule has 0 aliphatic rings. The lowest BCUT2D eigenvalue weighted by molar-refractivity contribution is -0.148. The number of aromatic nitrogens is 2. The van der Waals surface area contributed by atoms with Crippen molar-refractivity contribution in [1.29, 1.82) is 5.26 Å². The molecule has 3 rings (SSSR count). The SMILES string of the molecule is N#CCN(C(=O)COC(=O)Cn1nc(-c2ccc(F)cc2)oc1=O)c1ccccc1. The first-order chi connectivity index (χ1) is 14.5. The Balaban J connectivity index is 1.62. The molecule has 0 aliphatic carbocycles. The summed E-state index contributed by atoms with van der Waals surface area (Å²) in [5.74, 6) is -2.96. The maximum atomic E-state index is 13.0. The molecule has 152 valence electrons. The zero-order chi connectivity index (χ0) is 21.5. The topological polar surface area (TPSA) is 118 Å². The summed E-state index contributed by atoms with van der Waals surface area (Å²) in [4.78, 5) is 37.4. The average Bonchev–Trinajstić information content (AvgIpc) is 3.11. The first-order valence-electron chi connectivity index (χ1n) is 8.70. The minimum absolute atomic E-state index is 0.0897. The number of carbonyl (C=O) groups is 2. The highest BCUT2D eigenvalue weighted by Gasteiger charge is 2.19. The van der Waals surface area contributed by atoms with Crippen LogP contribution < -0.4 is 10.7 Å².